The molecule has 7 heteroatoms. The summed E-state index contributed by atoms with van der Waals surface area (Å²) >= 11 is 0. The molecule has 1 heterocycles. The lowest BCUT2D eigenvalue weighted by molar-refractivity contribution is 0.0689. The molecule has 0 aliphatic heterocycles. The Balaban J connectivity index is 2.71. The summed E-state index contributed by atoms with van der Waals surface area (Å²) < 4.78 is 27.5. The number of phenols is 1. The predicted octanol–water partition coefficient (Wildman–Crippen LogP) is 3.55. The summed E-state index contributed by atoms with van der Waals surface area (Å²) in [4.78, 5) is 11.0. The van der Waals surface area contributed by atoms with Crippen LogP contribution in [0.5, 0.6) is 5.75 Å². The van der Waals surface area contributed by atoms with Gasteiger partial charge in [-0.3, -0.25) is 4.68 Å². The third-order valence-corrected chi connectivity index (χ3v) is 3.44. The Morgan fingerprint density at radius 1 is 1.27 bits per heavy atom. The number of carboxylic acid groups (broad SMARTS) is 1. The number of phenolic OH excluding ortho intramolecular Hbond substituents is 1. The van der Waals surface area contributed by atoms with Gasteiger partial charge in [0.2, 0.25) is 0 Å². The van der Waals surface area contributed by atoms with E-state index in [1.165, 1.54) is 23.9 Å². The van der Waals surface area contributed by atoms with Gasteiger partial charge in [0.05, 0.1) is 11.3 Å². The smallest absolute Gasteiger partial charge is 0.356 e. The van der Waals surface area contributed by atoms with Crippen LogP contribution in [0, 0.1) is 0 Å². The van der Waals surface area contributed by atoms with Crippen LogP contribution < -0.4 is 0 Å². The highest BCUT2D eigenvalue weighted by atomic mass is 19.3. The molecular formula is C15H16F2N2O3. The van der Waals surface area contributed by atoms with Crippen LogP contribution in [0.15, 0.2) is 18.2 Å². The first-order chi connectivity index (χ1) is 10.2. The number of alkyl halides is 2. The molecular weight excluding hydrogens is 294 g/mol. The summed E-state index contributed by atoms with van der Waals surface area (Å²) in [7, 11) is 1.49. The molecule has 0 fully saturated rings. The van der Waals surface area contributed by atoms with Gasteiger partial charge in [0.25, 0.3) is 6.43 Å². The number of aromatic nitrogens is 2. The molecule has 2 N–H and O–H groups in total. The second kappa shape index (κ2) is 5.75. The lowest BCUT2D eigenvalue weighted by Crippen LogP contribution is -2.00. The van der Waals surface area contributed by atoms with E-state index in [1.54, 1.807) is 6.07 Å². The number of carbonyl (C=O) groups is 1. The Morgan fingerprint density at radius 2 is 1.91 bits per heavy atom. The third kappa shape index (κ3) is 2.79. The van der Waals surface area contributed by atoms with Crippen LogP contribution in [0.25, 0.3) is 11.3 Å². The molecule has 0 unspecified atom stereocenters. The summed E-state index contributed by atoms with van der Waals surface area (Å²) in [5, 5.41) is 22.9. The molecule has 0 bridgehead atoms. The van der Waals surface area contributed by atoms with Crippen molar-refractivity contribution in [2.75, 3.05) is 0 Å². The standard InChI is InChI=1S/C15H16F2N2O3/c1-7(2)8-4-9(13(20)10(5-8)14(16)17)12-6-11(15(21)22)18-19(12)3/h4-7,14,20H,1-3H3,(H,21,22). The summed E-state index contributed by atoms with van der Waals surface area (Å²) in [6.45, 7) is 3.69. The van der Waals surface area contributed by atoms with Gasteiger partial charge in [-0.05, 0) is 29.7 Å². The van der Waals surface area contributed by atoms with Gasteiger partial charge in [0.1, 0.15) is 5.75 Å². The van der Waals surface area contributed by atoms with Crippen molar-refractivity contribution in [3.8, 4) is 17.0 Å². The van der Waals surface area contributed by atoms with Crippen LogP contribution in [0.2, 0.25) is 0 Å². The van der Waals surface area contributed by atoms with Gasteiger partial charge < -0.3 is 10.2 Å². The van der Waals surface area contributed by atoms with Crippen molar-refractivity contribution in [3.05, 3.63) is 35.0 Å². The van der Waals surface area contributed by atoms with Gasteiger partial charge in [-0.15, -0.1) is 0 Å². The van der Waals surface area contributed by atoms with Crippen molar-refractivity contribution in [2.45, 2.75) is 26.2 Å². The number of nitrogens with zero attached hydrogens (tertiary/aromatic N) is 2. The van der Waals surface area contributed by atoms with Gasteiger partial charge in [-0.25, -0.2) is 13.6 Å². The predicted molar refractivity (Wildman–Crippen MR) is 76.3 cm³/mol. The Morgan fingerprint density at radius 3 is 2.36 bits per heavy atom. The SMILES string of the molecule is CC(C)c1cc(-c2cc(C(=O)O)nn2C)c(O)c(C(F)F)c1. The zero-order valence-corrected chi connectivity index (χ0v) is 12.3. The van der Waals surface area contributed by atoms with E-state index in [9.17, 15) is 18.7 Å². The molecule has 0 radical (unpaired) electrons. The van der Waals surface area contributed by atoms with E-state index in [0.717, 1.165) is 0 Å². The van der Waals surface area contributed by atoms with E-state index in [1.807, 2.05) is 13.8 Å². The highest BCUT2D eigenvalue weighted by Gasteiger charge is 2.22. The fraction of sp³-hybridized carbons (Fsp3) is 0.333. The topological polar surface area (TPSA) is 75.3 Å². The van der Waals surface area contributed by atoms with Gasteiger partial charge in [-0.1, -0.05) is 13.8 Å². The number of hydrogen-bond donors (Lipinski definition) is 2. The monoisotopic (exact) mass is 310 g/mol. The first-order valence-electron chi connectivity index (χ1n) is 6.65. The maximum atomic E-state index is 13.1. The molecule has 1 aromatic carbocycles. The number of aryl methyl sites for hydroxylation is 1. The van der Waals surface area contributed by atoms with Crippen molar-refractivity contribution in [3.63, 3.8) is 0 Å². The van der Waals surface area contributed by atoms with Crippen molar-refractivity contribution in [1.29, 1.82) is 0 Å². The number of benzene rings is 1. The van der Waals surface area contributed by atoms with E-state index >= 15 is 0 Å². The van der Waals surface area contributed by atoms with Gasteiger partial charge >= 0.3 is 5.97 Å². The van der Waals surface area contributed by atoms with E-state index in [4.69, 9.17) is 5.11 Å². The Kier molecular flexibility index (Phi) is 4.16. The maximum absolute atomic E-state index is 13.1. The molecule has 0 spiro atoms. The summed E-state index contributed by atoms with van der Waals surface area (Å²) in [5.74, 6) is -1.81. The van der Waals surface area contributed by atoms with Crippen molar-refractivity contribution < 1.29 is 23.8 Å². The Labute approximate surface area is 125 Å². The molecule has 1 aromatic heterocycles. The maximum Gasteiger partial charge on any atom is 0.356 e. The van der Waals surface area contributed by atoms with E-state index in [2.05, 4.69) is 5.10 Å². The quantitative estimate of drug-likeness (QED) is 0.905. The molecule has 0 aliphatic carbocycles. The van der Waals surface area contributed by atoms with E-state index < -0.39 is 23.7 Å². The Hall–Kier alpha value is -2.44. The molecule has 0 amide bonds. The van der Waals surface area contributed by atoms with Gasteiger partial charge in [0.15, 0.2) is 5.69 Å². The molecule has 5 nitrogen and oxygen atoms in total. The van der Waals surface area contributed by atoms with Crippen LogP contribution in [0.4, 0.5) is 8.78 Å². The number of aromatic carboxylic acids is 1. The highest BCUT2D eigenvalue weighted by molar-refractivity contribution is 5.87. The average molecular weight is 310 g/mol. The molecule has 2 rings (SSSR count). The molecule has 22 heavy (non-hydrogen) atoms. The first kappa shape index (κ1) is 15.9. The van der Waals surface area contributed by atoms with Crippen molar-refractivity contribution in [1.82, 2.24) is 9.78 Å². The molecule has 0 saturated carbocycles. The zero-order chi connectivity index (χ0) is 16.6. The average Bonchev–Trinajstić information content (AvgIpc) is 2.80. The summed E-state index contributed by atoms with van der Waals surface area (Å²) in [5.41, 5.74) is 0.342. The minimum Gasteiger partial charge on any atom is -0.507 e. The van der Waals surface area contributed by atoms with Crippen molar-refractivity contribution >= 4 is 5.97 Å². The van der Waals surface area contributed by atoms with Crippen LogP contribution in [0.3, 0.4) is 0 Å². The second-order valence-corrected chi connectivity index (χ2v) is 5.31. The molecule has 0 aliphatic rings. The van der Waals surface area contributed by atoms with Gasteiger partial charge in [-0.2, -0.15) is 5.10 Å². The third-order valence-electron chi connectivity index (χ3n) is 3.44. The largest absolute Gasteiger partial charge is 0.507 e. The molecule has 2 aromatic rings. The normalized spacial score (nSPS) is 11.4. The summed E-state index contributed by atoms with van der Waals surface area (Å²) in [6, 6.07) is 4.09. The number of carboxylic acids is 1. The lowest BCUT2D eigenvalue weighted by Gasteiger charge is -2.14. The minimum atomic E-state index is -2.83. The van der Waals surface area contributed by atoms with E-state index in [0.29, 0.717) is 5.56 Å². The van der Waals surface area contributed by atoms with Crippen LogP contribution in [-0.2, 0) is 7.05 Å². The summed E-state index contributed by atoms with van der Waals surface area (Å²) in [6.07, 6.45) is -2.83. The molecule has 0 atom stereocenters. The minimum absolute atomic E-state index is 0.0241. The second-order valence-electron chi connectivity index (χ2n) is 5.31. The molecule has 118 valence electrons. The number of rotatable bonds is 4. The molecule has 0 saturated heterocycles. The van der Waals surface area contributed by atoms with Crippen LogP contribution in [-0.4, -0.2) is 26.0 Å². The lowest BCUT2D eigenvalue weighted by atomic mass is 9.95. The van der Waals surface area contributed by atoms with Crippen LogP contribution >= 0.6 is 0 Å². The number of halogens is 2. The number of aromatic hydroxyl groups is 1. The van der Waals surface area contributed by atoms with E-state index in [-0.39, 0.29) is 22.9 Å². The highest BCUT2D eigenvalue weighted by Crippen LogP contribution is 2.39. The fourth-order valence-electron chi connectivity index (χ4n) is 2.20. The zero-order valence-electron chi connectivity index (χ0n) is 12.3. The van der Waals surface area contributed by atoms with Gasteiger partial charge in [0, 0.05) is 12.6 Å². The first-order valence-corrected chi connectivity index (χ1v) is 6.65. The van der Waals surface area contributed by atoms with Crippen LogP contribution in [0.1, 0.15) is 47.8 Å². The Bertz CT molecular complexity index is 724. The fourth-order valence-corrected chi connectivity index (χ4v) is 2.20. The number of hydrogen-bond acceptors (Lipinski definition) is 3. The van der Waals surface area contributed by atoms with Crippen molar-refractivity contribution in [2.24, 2.45) is 7.05 Å².